The first-order chi connectivity index (χ1) is 8.04. The van der Waals surface area contributed by atoms with Crippen molar-refractivity contribution in [1.29, 1.82) is 0 Å². The molecule has 3 nitrogen and oxygen atoms in total. The SMILES string of the molecule is CCNc1cc2oc(=O)c(C)c(C)c2cc1C. The lowest BCUT2D eigenvalue weighted by Crippen LogP contribution is -2.06. The van der Waals surface area contributed by atoms with Crippen molar-refractivity contribution in [2.75, 3.05) is 11.9 Å². The Labute approximate surface area is 100 Å². The highest BCUT2D eigenvalue weighted by molar-refractivity contribution is 5.85. The molecular formula is C14H17NO2. The van der Waals surface area contributed by atoms with Crippen LogP contribution in [0.2, 0.25) is 0 Å². The van der Waals surface area contributed by atoms with Crippen molar-refractivity contribution in [1.82, 2.24) is 0 Å². The van der Waals surface area contributed by atoms with Crippen molar-refractivity contribution in [3.63, 3.8) is 0 Å². The maximum Gasteiger partial charge on any atom is 0.339 e. The van der Waals surface area contributed by atoms with Gasteiger partial charge in [-0.05, 0) is 44.9 Å². The molecule has 0 radical (unpaired) electrons. The molecule has 0 aliphatic rings. The fourth-order valence-corrected chi connectivity index (χ4v) is 1.98. The lowest BCUT2D eigenvalue weighted by Gasteiger charge is -2.10. The minimum atomic E-state index is -0.249. The number of hydrogen-bond donors (Lipinski definition) is 1. The molecule has 0 fully saturated rings. The van der Waals surface area contributed by atoms with Crippen molar-refractivity contribution in [3.8, 4) is 0 Å². The molecule has 0 unspecified atom stereocenters. The minimum Gasteiger partial charge on any atom is -0.422 e. The summed E-state index contributed by atoms with van der Waals surface area (Å²) in [6.45, 7) is 8.70. The Bertz CT molecular complexity index is 626. The number of nitrogens with one attached hydrogen (secondary N) is 1. The van der Waals surface area contributed by atoms with Crippen LogP contribution in [-0.2, 0) is 0 Å². The zero-order valence-corrected chi connectivity index (χ0v) is 10.7. The molecule has 2 aromatic rings. The minimum absolute atomic E-state index is 0.249. The Morgan fingerprint density at radius 2 is 1.88 bits per heavy atom. The Morgan fingerprint density at radius 3 is 2.53 bits per heavy atom. The number of benzene rings is 1. The van der Waals surface area contributed by atoms with Gasteiger partial charge in [-0.15, -0.1) is 0 Å². The second-order valence-electron chi connectivity index (χ2n) is 4.33. The molecular weight excluding hydrogens is 214 g/mol. The number of hydrogen-bond acceptors (Lipinski definition) is 3. The van der Waals surface area contributed by atoms with Crippen LogP contribution < -0.4 is 10.9 Å². The van der Waals surface area contributed by atoms with Crippen molar-refractivity contribution in [3.05, 3.63) is 39.2 Å². The van der Waals surface area contributed by atoms with Crippen molar-refractivity contribution < 1.29 is 4.42 Å². The lowest BCUT2D eigenvalue weighted by atomic mass is 10.0. The number of anilines is 1. The van der Waals surface area contributed by atoms with Crippen LogP contribution in [-0.4, -0.2) is 6.54 Å². The first kappa shape index (κ1) is 11.7. The first-order valence-electron chi connectivity index (χ1n) is 5.83. The molecule has 17 heavy (non-hydrogen) atoms. The van der Waals surface area contributed by atoms with Crippen molar-refractivity contribution in [2.45, 2.75) is 27.7 Å². The van der Waals surface area contributed by atoms with Gasteiger partial charge in [-0.25, -0.2) is 4.79 Å². The van der Waals surface area contributed by atoms with E-state index in [0.717, 1.165) is 28.7 Å². The van der Waals surface area contributed by atoms with Crippen LogP contribution >= 0.6 is 0 Å². The van der Waals surface area contributed by atoms with Gasteiger partial charge >= 0.3 is 5.63 Å². The van der Waals surface area contributed by atoms with Gasteiger partial charge in [0.15, 0.2) is 0 Å². The summed E-state index contributed by atoms with van der Waals surface area (Å²) in [7, 11) is 0. The van der Waals surface area contributed by atoms with Gasteiger partial charge in [0.2, 0.25) is 0 Å². The molecule has 1 aromatic heterocycles. The van der Waals surface area contributed by atoms with Crippen LogP contribution in [0, 0.1) is 20.8 Å². The molecule has 3 heteroatoms. The van der Waals surface area contributed by atoms with Gasteiger partial charge in [0.05, 0.1) is 0 Å². The van der Waals surface area contributed by atoms with E-state index in [0.29, 0.717) is 11.1 Å². The van der Waals surface area contributed by atoms with E-state index in [-0.39, 0.29) is 5.63 Å². The summed E-state index contributed by atoms with van der Waals surface area (Å²) in [5.41, 5.74) is 4.28. The van der Waals surface area contributed by atoms with Gasteiger partial charge in [-0.2, -0.15) is 0 Å². The molecule has 0 aliphatic heterocycles. The average Bonchev–Trinajstić information content (AvgIpc) is 2.29. The molecule has 0 amide bonds. The maximum absolute atomic E-state index is 11.6. The predicted molar refractivity (Wildman–Crippen MR) is 70.9 cm³/mol. The largest absolute Gasteiger partial charge is 0.422 e. The molecule has 0 bridgehead atoms. The highest BCUT2D eigenvalue weighted by Crippen LogP contribution is 2.25. The van der Waals surface area contributed by atoms with Crippen LogP contribution in [0.3, 0.4) is 0 Å². The summed E-state index contributed by atoms with van der Waals surface area (Å²) in [5, 5.41) is 4.27. The third kappa shape index (κ3) is 1.93. The van der Waals surface area contributed by atoms with Crippen LogP contribution in [0.1, 0.15) is 23.6 Å². The lowest BCUT2D eigenvalue weighted by molar-refractivity contribution is 0.553. The Kier molecular flexibility index (Phi) is 2.92. The Morgan fingerprint density at radius 1 is 1.18 bits per heavy atom. The standard InChI is InChI=1S/C14H17NO2/c1-5-15-12-7-13-11(6-8(12)2)9(3)10(4)14(16)17-13/h6-7,15H,5H2,1-4H3. The van der Waals surface area contributed by atoms with E-state index in [1.807, 2.05) is 19.9 Å². The van der Waals surface area contributed by atoms with Crippen LogP contribution in [0.25, 0.3) is 11.0 Å². The fourth-order valence-electron chi connectivity index (χ4n) is 1.98. The molecule has 0 aliphatic carbocycles. The van der Waals surface area contributed by atoms with E-state index in [1.165, 1.54) is 0 Å². The molecule has 1 heterocycles. The number of fused-ring (bicyclic) bond motifs is 1. The molecule has 1 aromatic carbocycles. The summed E-state index contributed by atoms with van der Waals surface area (Å²) in [6, 6.07) is 3.97. The van der Waals surface area contributed by atoms with Crippen LogP contribution in [0.5, 0.6) is 0 Å². The topological polar surface area (TPSA) is 42.2 Å². The Hall–Kier alpha value is -1.77. The number of aryl methyl sites for hydroxylation is 2. The third-order valence-electron chi connectivity index (χ3n) is 3.17. The summed E-state index contributed by atoms with van der Waals surface area (Å²) >= 11 is 0. The summed E-state index contributed by atoms with van der Waals surface area (Å²) in [6.07, 6.45) is 0. The smallest absolute Gasteiger partial charge is 0.339 e. The summed E-state index contributed by atoms with van der Waals surface area (Å²) in [4.78, 5) is 11.6. The third-order valence-corrected chi connectivity index (χ3v) is 3.17. The molecule has 2 rings (SSSR count). The molecule has 90 valence electrons. The first-order valence-corrected chi connectivity index (χ1v) is 5.83. The molecule has 0 saturated heterocycles. The zero-order valence-electron chi connectivity index (χ0n) is 10.7. The number of rotatable bonds is 2. The summed E-state index contributed by atoms with van der Waals surface area (Å²) in [5.74, 6) is 0. The fraction of sp³-hybridized carbons (Fsp3) is 0.357. The Balaban J connectivity index is 2.79. The van der Waals surface area contributed by atoms with Gasteiger partial charge < -0.3 is 9.73 Å². The van der Waals surface area contributed by atoms with Gasteiger partial charge in [-0.3, -0.25) is 0 Å². The molecule has 1 N–H and O–H groups in total. The van der Waals surface area contributed by atoms with E-state index >= 15 is 0 Å². The monoisotopic (exact) mass is 231 g/mol. The quantitative estimate of drug-likeness (QED) is 0.807. The molecule has 0 saturated carbocycles. The van der Waals surface area contributed by atoms with Crippen LogP contribution in [0.15, 0.2) is 21.3 Å². The van der Waals surface area contributed by atoms with Gasteiger partial charge in [-0.1, -0.05) is 0 Å². The molecule has 0 atom stereocenters. The maximum atomic E-state index is 11.6. The van der Waals surface area contributed by atoms with Gasteiger partial charge in [0.1, 0.15) is 5.58 Å². The van der Waals surface area contributed by atoms with Crippen molar-refractivity contribution in [2.24, 2.45) is 0 Å². The normalized spacial score (nSPS) is 10.8. The van der Waals surface area contributed by atoms with Gasteiger partial charge in [0, 0.05) is 29.2 Å². The van der Waals surface area contributed by atoms with Gasteiger partial charge in [0.25, 0.3) is 0 Å². The second-order valence-corrected chi connectivity index (χ2v) is 4.33. The highest BCUT2D eigenvalue weighted by atomic mass is 16.4. The summed E-state index contributed by atoms with van der Waals surface area (Å²) < 4.78 is 5.32. The zero-order chi connectivity index (χ0) is 12.6. The van der Waals surface area contributed by atoms with E-state index < -0.39 is 0 Å². The van der Waals surface area contributed by atoms with Crippen molar-refractivity contribution >= 4 is 16.7 Å². The molecule has 0 spiro atoms. The second kappa shape index (κ2) is 4.24. The van der Waals surface area contributed by atoms with E-state index in [4.69, 9.17) is 4.42 Å². The predicted octanol–water partition coefficient (Wildman–Crippen LogP) is 3.15. The van der Waals surface area contributed by atoms with E-state index in [9.17, 15) is 4.79 Å². The average molecular weight is 231 g/mol. The van der Waals surface area contributed by atoms with E-state index in [1.54, 1.807) is 6.92 Å². The highest BCUT2D eigenvalue weighted by Gasteiger charge is 2.09. The van der Waals surface area contributed by atoms with E-state index in [2.05, 4.69) is 18.3 Å². The van der Waals surface area contributed by atoms with Crippen LogP contribution in [0.4, 0.5) is 5.69 Å².